The Hall–Kier alpha value is -1.75. The molecule has 1 aliphatic carbocycles. The van der Waals surface area contributed by atoms with Crippen LogP contribution in [0.1, 0.15) is 18.4 Å². The average Bonchev–Trinajstić information content (AvgIpc) is 3.19. The van der Waals surface area contributed by atoms with Crippen LogP contribution in [0.4, 0.5) is 4.79 Å². The lowest BCUT2D eigenvalue weighted by atomic mass is 10.2. The maximum Gasteiger partial charge on any atom is 0.338 e. The molecule has 5 nitrogen and oxygen atoms in total. The fourth-order valence-electron chi connectivity index (χ4n) is 1.59. The number of carbonyl (C=O) groups is 1. The van der Waals surface area contributed by atoms with Gasteiger partial charge in [0.25, 0.3) is 0 Å². The molecular weight excluding hydrogens is 232 g/mol. The standard InChI is InChI=1S/C13H18N2O3/c1-17-15-13(16)14-8-11-4-2-3-5-12(11)18-9-10-6-7-10/h2-5,10H,6-9H2,1H3,(H2,14,15,16). The zero-order chi connectivity index (χ0) is 12.8. The van der Waals surface area contributed by atoms with Crippen LogP contribution in [-0.2, 0) is 11.4 Å². The molecule has 0 atom stereocenters. The van der Waals surface area contributed by atoms with Crippen LogP contribution >= 0.6 is 0 Å². The van der Waals surface area contributed by atoms with Crippen molar-refractivity contribution in [3.05, 3.63) is 29.8 Å². The Bertz CT molecular complexity index is 405. The number of ether oxygens (including phenoxy) is 1. The van der Waals surface area contributed by atoms with E-state index in [1.165, 1.54) is 20.0 Å². The highest BCUT2D eigenvalue weighted by molar-refractivity contribution is 5.72. The van der Waals surface area contributed by atoms with Crippen molar-refractivity contribution in [2.24, 2.45) is 5.92 Å². The third-order valence-corrected chi connectivity index (χ3v) is 2.78. The topological polar surface area (TPSA) is 59.6 Å². The van der Waals surface area contributed by atoms with Gasteiger partial charge in [-0.2, -0.15) is 0 Å². The maximum atomic E-state index is 11.2. The third-order valence-electron chi connectivity index (χ3n) is 2.78. The minimum atomic E-state index is -0.366. The molecule has 2 N–H and O–H groups in total. The van der Waals surface area contributed by atoms with Gasteiger partial charge in [-0.15, -0.1) is 0 Å². The van der Waals surface area contributed by atoms with E-state index in [-0.39, 0.29) is 6.03 Å². The second-order valence-electron chi connectivity index (χ2n) is 4.35. The van der Waals surface area contributed by atoms with Gasteiger partial charge in [0.2, 0.25) is 0 Å². The van der Waals surface area contributed by atoms with E-state index in [0.29, 0.717) is 12.5 Å². The van der Waals surface area contributed by atoms with E-state index in [9.17, 15) is 4.79 Å². The Morgan fingerprint density at radius 1 is 1.39 bits per heavy atom. The second kappa shape index (κ2) is 6.26. The number of carbonyl (C=O) groups excluding carboxylic acids is 1. The molecular formula is C13H18N2O3. The predicted molar refractivity (Wildman–Crippen MR) is 67.0 cm³/mol. The van der Waals surface area contributed by atoms with Crippen LogP contribution in [0.15, 0.2) is 24.3 Å². The third kappa shape index (κ3) is 3.92. The van der Waals surface area contributed by atoms with Gasteiger partial charge in [0.15, 0.2) is 0 Å². The molecule has 1 saturated carbocycles. The van der Waals surface area contributed by atoms with Gasteiger partial charge < -0.3 is 10.1 Å². The van der Waals surface area contributed by atoms with Crippen LogP contribution in [0.5, 0.6) is 5.75 Å². The Balaban J connectivity index is 1.87. The zero-order valence-corrected chi connectivity index (χ0v) is 10.4. The van der Waals surface area contributed by atoms with Crippen molar-refractivity contribution >= 4 is 6.03 Å². The van der Waals surface area contributed by atoms with Crippen molar-refractivity contribution in [2.45, 2.75) is 19.4 Å². The quantitative estimate of drug-likeness (QED) is 0.757. The van der Waals surface area contributed by atoms with E-state index in [2.05, 4.69) is 15.6 Å². The van der Waals surface area contributed by atoms with E-state index in [1.807, 2.05) is 24.3 Å². The first-order chi connectivity index (χ1) is 8.79. The van der Waals surface area contributed by atoms with Crippen LogP contribution in [0.3, 0.4) is 0 Å². The van der Waals surface area contributed by atoms with Gasteiger partial charge in [-0.3, -0.25) is 4.84 Å². The summed E-state index contributed by atoms with van der Waals surface area (Å²) in [6.45, 7) is 1.18. The number of hydroxylamine groups is 1. The molecule has 0 aromatic heterocycles. The molecule has 98 valence electrons. The zero-order valence-electron chi connectivity index (χ0n) is 10.4. The molecule has 1 fully saturated rings. The summed E-state index contributed by atoms with van der Waals surface area (Å²) in [6, 6.07) is 7.36. The highest BCUT2D eigenvalue weighted by Crippen LogP contribution is 2.30. The number of urea groups is 1. The highest BCUT2D eigenvalue weighted by Gasteiger charge is 2.22. The van der Waals surface area contributed by atoms with Gasteiger partial charge in [-0.1, -0.05) is 18.2 Å². The fraction of sp³-hybridized carbons (Fsp3) is 0.462. The van der Waals surface area contributed by atoms with E-state index in [0.717, 1.165) is 17.9 Å². The van der Waals surface area contributed by atoms with Crippen molar-refractivity contribution < 1.29 is 14.4 Å². The molecule has 0 aliphatic heterocycles. The average molecular weight is 250 g/mol. The molecule has 0 spiro atoms. The SMILES string of the molecule is CONC(=O)NCc1ccccc1OCC1CC1. The van der Waals surface area contributed by atoms with Crippen LogP contribution < -0.4 is 15.5 Å². The van der Waals surface area contributed by atoms with Crippen LogP contribution in [0.25, 0.3) is 0 Å². The van der Waals surface area contributed by atoms with Gasteiger partial charge in [0, 0.05) is 12.1 Å². The second-order valence-corrected chi connectivity index (χ2v) is 4.35. The summed E-state index contributed by atoms with van der Waals surface area (Å²) in [7, 11) is 1.40. The first kappa shape index (κ1) is 12.7. The van der Waals surface area contributed by atoms with Gasteiger partial charge >= 0.3 is 6.03 Å². The molecule has 0 unspecified atom stereocenters. The molecule has 1 aromatic rings. The van der Waals surface area contributed by atoms with Crippen molar-refractivity contribution in [1.29, 1.82) is 0 Å². The number of amides is 2. The lowest BCUT2D eigenvalue weighted by molar-refractivity contribution is 0.107. The monoisotopic (exact) mass is 250 g/mol. The largest absolute Gasteiger partial charge is 0.493 e. The molecule has 1 aliphatic rings. The summed E-state index contributed by atoms with van der Waals surface area (Å²) in [6.07, 6.45) is 2.52. The predicted octanol–water partition coefficient (Wildman–Crippen LogP) is 1.84. The number of para-hydroxylation sites is 1. The number of benzene rings is 1. The van der Waals surface area contributed by atoms with E-state index < -0.39 is 0 Å². The normalized spacial score (nSPS) is 14.1. The van der Waals surface area contributed by atoms with Crippen molar-refractivity contribution in [3.8, 4) is 5.75 Å². The summed E-state index contributed by atoms with van der Waals surface area (Å²) >= 11 is 0. The van der Waals surface area contributed by atoms with Gasteiger partial charge in [-0.25, -0.2) is 10.3 Å². The Morgan fingerprint density at radius 2 is 2.17 bits per heavy atom. The summed E-state index contributed by atoms with van der Waals surface area (Å²) in [5.74, 6) is 1.55. The van der Waals surface area contributed by atoms with Crippen molar-refractivity contribution in [1.82, 2.24) is 10.8 Å². The number of rotatable bonds is 6. The molecule has 2 amide bonds. The lowest BCUT2D eigenvalue weighted by Crippen LogP contribution is -2.34. The molecule has 0 bridgehead atoms. The van der Waals surface area contributed by atoms with Crippen LogP contribution in [0, 0.1) is 5.92 Å². The summed E-state index contributed by atoms with van der Waals surface area (Å²) in [5, 5.41) is 2.69. The van der Waals surface area contributed by atoms with Crippen LogP contribution in [-0.4, -0.2) is 19.7 Å². The minimum Gasteiger partial charge on any atom is -0.493 e. The van der Waals surface area contributed by atoms with E-state index in [1.54, 1.807) is 0 Å². The molecule has 0 saturated heterocycles. The minimum absolute atomic E-state index is 0.366. The fourth-order valence-corrected chi connectivity index (χ4v) is 1.59. The molecule has 1 aromatic carbocycles. The van der Waals surface area contributed by atoms with Gasteiger partial charge in [-0.05, 0) is 24.8 Å². The number of hydrogen-bond acceptors (Lipinski definition) is 3. The summed E-state index contributed by atoms with van der Waals surface area (Å²) in [5.41, 5.74) is 3.17. The van der Waals surface area contributed by atoms with Gasteiger partial charge in [0.1, 0.15) is 5.75 Å². The van der Waals surface area contributed by atoms with E-state index in [4.69, 9.17) is 4.74 Å². The van der Waals surface area contributed by atoms with Crippen LogP contribution in [0.2, 0.25) is 0 Å². The lowest BCUT2D eigenvalue weighted by Gasteiger charge is -2.11. The molecule has 18 heavy (non-hydrogen) atoms. The van der Waals surface area contributed by atoms with E-state index >= 15 is 0 Å². The maximum absolute atomic E-state index is 11.2. The number of hydrogen-bond donors (Lipinski definition) is 2. The van der Waals surface area contributed by atoms with Crippen molar-refractivity contribution in [3.63, 3.8) is 0 Å². The number of nitrogens with one attached hydrogen (secondary N) is 2. The summed E-state index contributed by atoms with van der Waals surface area (Å²) < 4.78 is 5.75. The molecule has 0 radical (unpaired) electrons. The molecule has 2 rings (SSSR count). The molecule has 0 heterocycles. The molecule has 5 heteroatoms. The Labute approximate surface area is 106 Å². The smallest absolute Gasteiger partial charge is 0.338 e. The first-order valence-corrected chi connectivity index (χ1v) is 6.07. The van der Waals surface area contributed by atoms with Crippen molar-refractivity contribution in [2.75, 3.05) is 13.7 Å². The Morgan fingerprint density at radius 3 is 2.89 bits per heavy atom. The first-order valence-electron chi connectivity index (χ1n) is 6.07. The Kier molecular flexibility index (Phi) is 4.41. The summed E-state index contributed by atoms with van der Waals surface area (Å²) in [4.78, 5) is 15.7. The highest BCUT2D eigenvalue weighted by atomic mass is 16.6. The van der Waals surface area contributed by atoms with Gasteiger partial charge in [0.05, 0.1) is 13.7 Å².